The Balaban J connectivity index is 1.85. The van der Waals surface area contributed by atoms with Gasteiger partial charge in [-0.2, -0.15) is 0 Å². The summed E-state index contributed by atoms with van der Waals surface area (Å²) in [6, 6.07) is 9.60. The summed E-state index contributed by atoms with van der Waals surface area (Å²) >= 11 is 0. The Morgan fingerprint density at radius 3 is 2.59 bits per heavy atom. The highest BCUT2D eigenvalue weighted by atomic mass is 16.6. The van der Waals surface area contributed by atoms with Crippen LogP contribution in [0.2, 0.25) is 0 Å². The lowest BCUT2D eigenvalue weighted by molar-refractivity contribution is -0.0560. The van der Waals surface area contributed by atoms with Gasteiger partial charge in [0, 0.05) is 7.05 Å². The summed E-state index contributed by atoms with van der Waals surface area (Å²) in [6.45, 7) is 4.92. The van der Waals surface area contributed by atoms with Crippen LogP contribution in [0, 0.1) is 5.41 Å². The molecule has 0 radical (unpaired) electrons. The maximum Gasteiger partial charge on any atom is 0.409 e. The largest absolute Gasteiger partial charge is 0.445 e. The molecule has 1 N–H and O–H groups in total. The standard InChI is InChI=1S/C18H27NO3/c1-17(2)10-7-11-18(21,13-17)14-19(3)16(20)22-12-15-8-5-4-6-9-15/h4-6,8-9,21H,7,10-14H2,1-3H3. The molecule has 22 heavy (non-hydrogen) atoms. The van der Waals surface area contributed by atoms with Gasteiger partial charge in [-0.05, 0) is 36.7 Å². The van der Waals surface area contributed by atoms with Gasteiger partial charge in [0.15, 0.2) is 0 Å². The Morgan fingerprint density at radius 1 is 1.27 bits per heavy atom. The van der Waals surface area contributed by atoms with Gasteiger partial charge in [-0.3, -0.25) is 0 Å². The lowest BCUT2D eigenvalue weighted by Gasteiger charge is -2.43. The van der Waals surface area contributed by atoms with Crippen LogP contribution in [0.25, 0.3) is 0 Å². The third-order valence-electron chi connectivity index (χ3n) is 4.35. The van der Waals surface area contributed by atoms with Gasteiger partial charge < -0.3 is 14.7 Å². The average Bonchev–Trinajstić information content (AvgIpc) is 2.44. The fourth-order valence-electron chi connectivity index (χ4n) is 3.43. The van der Waals surface area contributed by atoms with Crippen molar-refractivity contribution in [3.8, 4) is 0 Å². The van der Waals surface area contributed by atoms with Crippen LogP contribution < -0.4 is 0 Å². The summed E-state index contributed by atoms with van der Waals surface area (Å²) < 4.78 is 5.30. The molecule has 2 rings (SSSR count). The molecule has 0 spiro atoms. The molecule has 1 amide bonds. The number of amides is 1. The molecule has 1 aromatic carbocycles. The molecule has 0 bridgehead atoms. The highest BCUT2D eigenvalue weighted by Gasteiger charge is 2.39. The van der Waals surface area contributed by atoms with Gasteiger partial charge >= 0.3 is 6.09 Å². The molecular formula is C18H27NO3. The first-order valence-electron chi connectivity index (χ1n) is 7.94. The van der Waals surface area contributed by atoms with Crippen molar-refractivity contribution in [3.63, 3.8) is 0 Å². The fourth-order valence-corrected chi connectivity index (χ4v) is 3.43. The molecule has 1 aliphatic carbocycles. The Hall–Kier alpha value is -1.55. The molecule has 0 aromatic heterocycles. The van der Waals surface area contributed by atoms with Crippen molar-refractivity contribution in [2.75, 3.05) is 13.6 Å². The molecule has 1 unspecified atom stereocenters. The number of likely N-dealkylation sites (N-methyl/N-ethyl adjacent to an activating group) is 1. The van der Waals surface area contributed by atoms with Crippen molar-refractivity contribution in [2.24, 2.45) is 5.41 Å². The third-order valence-corrected chi connectivity index (χ3v) is 4.35. The van der Waals surface area contributed by atoms with Crippen LogP contribution in [0.15, 0.2) is 30.3 Å². The number of benzene rings is 1. The molecule has 1 fully saturated rings. The van der Waals surface area contributed by atoms with Crippen LogP contribution in [0.4, 0.5) is 4.79 Å². The molecule has 0 aliphatic heterocycles. The third kappa shape index (κ3) is 4.73. The summed E-state index contributed by atoms with van der Waals surface area (Å²) in [5.41, 5.74) is 0.283. The van der Waals surface area contributed by atoms with Crippen molar-refractivity contribution in [1.82, 2.24) is 4.90 Å². The maximum atomic E-state index is 12.1. The number of ether oxygens (including phenoxy) is 1. The number of carbonyl (C=O) groups is 1. The van der Waals surface area contributed by atoms with E-state index in [4.69, 9.17) is 4.74 Å². The lowest BCUT2D eigenvalue weighted by atomic mass is 9.69. The maximum absolute atomic E-state index is 12.1. The van der Waals surface area contributed by atoms with Crippen molar-refractivity contribution >= 4 is 6.09 Å². The Kier molecular flexibility index (Phi) is 5.12. The minimum absolute atomic E-state index is 0.127. The summed E-state index contributed by atoms with van der Waals surface area (Å²) in [7, 11) is 1.69. The molecule has 122 valence electrons. The quantitative estimate of drug-likeness (QED) is 0.925. The number of carbonyl (C=O) groups excluding carboxylic acids is 1. The molecule has 1 atom stereocenters. The number of aliphatic hydroxyl groups is 1. The first kappa shape index (κ1) is 16.8. The minimum atomic E-state index is -0.803. The van der Waals surface area contributed by atoms with Crippen molar-refractivity contribution in [2.45, 2.75) is 51.7 Å². The van der Waals surface area contributed by atoms with Crippen LogP contribution in [0.5, 0.6) is 0 Å². The van der Waals surface area contributed by atoms with Crippen LogP contribution in [0.3, 0.4) is 0 Å². The number of nitrogens with zero attached hydrogens (tertiary/aromatic N) is 1. The number of hydrogen-bond donors (Lipinski definition) is 1. The van der Waals surface area contributed by atoms with Crippen molar-refractivity contribution in [1.29, 1.82) is 0 Å². The van der Waals surface area contributed by atoms with Gasteiger partial charge in [0.25, 0.3) is 0 Å². The second kappa shape index (κ2) is 6.69. The Morgan fingerprint density at radius 2 is 1.95 bits per heavy atom. The normalized spacial score (nSPS) is 23.8. The van der Waals surface area contributed by atoms with Crippen molar-refractivity contribution in [3.05, 3.63) is 35.9 Å². The lowest BCUT2D eigenvalue weighted by Crippen LogP contribution is -2.48. The monoisotopic (exact) mass is 305 g/mol. The topological polar surface area (TPSA) is 49.8 Å². The summed E-state index contributed by atoms with van der Waals surface area (Å²) in [4.78, 5) is 13.6. The molecule has 1 aromatic rings. The van der Waals surface area contributed by atoms with E-state index in [1.807, 2.05) is 30.3 Å². The highest BCUT2D eigenvalue weighted by molar-refractivity contribution is 5.67. The Bertz CT molecular complexity index is 500. The zero-order chi connectivity index (χ0) is 16.2. The summed E-state index contributed by atoms with van der Waals surface area (Å²) in [5, 5.41) is 10.8. The second-order valence-electron chi connectivity index (χ2n) is 7.32. The number of rotatable bonds is 4. The summed E-state index contributed by atoms with van der Waals surface area (Å²) in [5.74, 6) is 0. The molecular weight excluding hydrogens is 278 g/mol. The first-order valence-corrected chi connectivity index (χ1v) is 7.94. The second-order valence-corrected chi connectivity index (χ2v) is 7.32. The SMILES string of the molecule is CN(CC1(O)CCCC(C)(C)C1)C(=O)OCc1ccccc1. The van der Waals surface area contributed by atoms with E-state index in [0.29, 0.717) is 6.54 Å². The zero-order valence-corrected chi connectivity index (χ0v) is 13.8. The predicted octanol–water partition coefficient (Wildman–Crippen LogP) is 3.59. The molecule has 4 nitrogen and oxygen atoms in total. The van der Waals surface area contributed by atoms with Gasteiger partial charge in [-0.1, -0.05) is 44.2 Å². The van der Waals surface area contributed by atoms with Crippen LogP contribution in [-0.2, 0) is 11.3 Å². The zero-order valence-electron chi connectivity index (χ0n) is 13.8. The summed E-state index contributed by atoms with van der Waals surface area (Å²) in [6.07, 6.45) is 3.19. The van der Waals surface area contributed by atoms with Gasteiger partial charge in [-0.15, -0.1) is 0 Å². The molecule has 0 saturated heterocycles. The van der Waals surface area contributed by atoms with Crippen LogP contribution >= 0.6 is 0 Å². The van der Waals surface area contributed by atoms with Crippen LogP contribution in [0.1, 0.15) is 45.1 Å². The molecule has 1 saturated carbocycles. The Labute approximate surface area is 133 Å². The highest BCUT2D eigenvalue weighted by Crippen LogP contribution is 2.41. The van der Waals surface area contributed by atoms with Gasteiger partial charge in [0.05, 0.1) is 12.1 Å². The number of hydrogen-bond acceptors (Lipinski definition) is 3. The van der Waals surface area contributed by atoms with Crippen LogP contribution in [-0.4, -0.2) is 35.3 Å². The van der Waals surface area contributed by atoms with E-state index in [-0.39, 0.29) is 18.1 Å². The van der Waals surface area contributed by atoms with E-state index in [1.165, 1.54) is 4.90 Å². The van der Waals surface area contributed by atoms with E-state index < -0.39 is 5.60 Å². The minimum Gasteiger partial charge on any atom is -0.445 e. The molecule has 0 heterocycles. The first-order chi connectivity index (χ1) is 10.3. The molecule has 4 heteroatoms. The molecule has 1 aliphatic rings. The van der Waals surface area contributed by atoms with E-state index in [1.54, 1.807) is 7.05 Å². The van der Waals surface area contributed by atoms with Crippen molar-refractivity contribution < 1.29 is 14.6 Å². The van der Waals surface area contributed by atoms with E-state index in [2.05, 4.69) is 13.8 Å². The van der Waals surface area contributed by atoms with Gasteiger partial charge in [0.1, 0.15) is 6.61 Å². The van der Waals surface area contributed by atoms with E-state index >= 15 is 0 Å². The van der Waals surface area contributed by atoms with Gasteiger partial charge in [0.2, 0.25) is 0 Å². The fraction of sp³-hybridized carbons (Fsp3) is 0.611. The average molecular weight is 305 g/mol. The van der Waals surface area contributed by atoms with E-state index in [0.717, 1.165) is 31.2 Å². The smallest absolute Gasteiger partial charge is 0.409 e. The predicted molar refractivity (Wildman–Crippen MR) is 86.5 cm³/mol. The van der Waals surface area contributed by atoms with E-state index in [9.17, 15) is 9.90 Å². The van der Waals surface area contributed by atoms with Gasteiger partial charge in [-0.25, -0.2) is 4.79 Å².